The van der Waals surface area contributed by atoms with Crippen molar-refractivity contribution >= 4 is 0 Å². The number of rotatable bonds is 1. The molecule has 0 aromatic carbocycles. The molecule has 1 heterocycles. The molecule has 0 N–H and O–H groups in total. The van der Waals surface area contributed by atoms with E-state index in [1.165, 1.54) is 5.69 Å². The lowest BCUT2D eigenvalue weighted by Gasteiger charge is -2.51. The molecule has 0 aliphatic heterocycles. The highest BCUT2D eigenvalue weighted by atomic mass is 14.7. The van der Waals surface area contributed by atoms with Gasteiger partial charge < -0.3 is 0 Å². The third kappa shape index (κ3) is 2.00. The van der Waals surface area contributed by atoms with E-state index in [4.69, 9.17) is 0 Å². The molecule has 0 bridgehead atoms. The molecule has 0 spiro atoms. The fourth-order valence-corrected chi connectivity index (χ4v) is 2.55. The lowest BCUT2D eigenvalue weighted by Crippen LogP contribution is -2.48. The van der Waals surface area contributed by atoms with Crippen molar-refractivity contribution in [1.82, 2.24) is 4.98 Å². The summed E-state index contributed by atoms with van der Waals surface area (Å²) in [5.74, 6) is 0. The lowest BCUT2D eigenvalue weighted by molar-refractivity contribution is 0.0653. The van der Waals surface area contributed by atoms with Crippen LogP contribution in [0, 0.1) is 10.8 Å². The first-order chi connectivity index (χ1) is 7.11. The van der Waals surface area contributed by atoms with Gasteiger partial charge >= 0.3 is 0 Å². The second-order valence-corrected chi connectivity index (χ2v) is 6.84. The third-order valence-corrected chi connectivity index (χ3v) is 4.18. The zero-order valence-electron chi connectivity index (χ0n) is 11.8. The molecule has 0 aliphatic rings. The highest BCUT2D eigenvalue weighted by Gasteiger charge is 2.48. The molecule has 1 aromatic rings. The van der Waals surface area contributed by atoms with Crippen molar-refractivity contribution in [1.29, 1.82) is 0 Å². The van der Waals surface area contributed by atoms with Crippen LogP contribution in [0.15, 0.2) is 24.4 Å². The summed E-state index contributed by atoms with van der Waals surface area (Å²) in [6, 6.07) is 6.21. The predicted octanol–water partition coefficient (Wildman–Crippen LogP) is 4.43. The van der Waals surface area contributed by atoms with Crippen LogP contribution >= 0.6 is 0 Å². The Hall–Kier alpha value is -0.850. The maximum atomic E-state index is 4.58. The zero-order chi connectivity index (χ0) is 12.6. The van der Waals surface area contributed by atoms with Crippen LogP contribution in [0.1, 0.15) is 54.2 Å². The minimum absolute atomic E-state index is 0.0568. The Morgan fingerprint density at radius 3 is 1.62 bits per heavy atom. The van der Waals surface area contributed by atoms with Crippen LogP contribution < -0.4 is 0 Å². The average Bonchev–Trinajstić information content (AvgIpc) is 2.14. The summed E-state index contributed by atoms with van der Waals surface area (Å²) in [4.78, 5) is 4.58. The number of nitrogens with zero attached hydrogens (tertiary/aromatic N) is 1. The van der Waals surface area contributed by atoms with Gasteiger partial charge in [0.2, 0.25) is 0 Å². The molecule has 16 heavy (non-hydrogen) atoms. The van der Waals surface area contributed by atoms with Gasteiger partial charge in [-0.15, -0.1) is 0 Å². The van der Waals surface area contributed by atoms with Gasteiger partial charge in [-0.3, -0.25) is 4.98 Å². The molecule has 90 valence electrons. The molecule has 1 heteroatoms. The number of aromatic nitrogens is 1. The van der Waals surface area contributed by atoms with E-state index in [1.807, 2.05) is 12.3 Å². The summed E-state index contributed by atoms with van der Waals surface area (Å²) in [7, 11) is 0. The van der Waals surface area contributed by atoms with Gasteiger partial charge in [0, 0.05) is 17.3 Å². The number of pyridine rings is 1. The van der Waals surface area contributed by atoms with Crippen molar-refractivity contribution in [2.24, 2.45) is 10.8 Å². The second-order valence-electron chi connectivity index (χ2n) is 6.84. The van der Waals surface area contributed by atoms with E-state index in [1.54, 1.807) is 0 Å². The van der Waals surface area contributed by atoms with Crippen molar-refractivity contribution in [3.8, 4) is 0 Å². The molecule has 0 atom stereocenters. The number of hydrogen-bond donors (Lipinski definition) is 0. The van der Waals surface area contributed by atoms with E-state index in [9.17, 15) is 0 Å². The highest BCUT2D eigenvalue weighted by Crippen LogP contribution is 2.52. The average molecular weight is 219 g/mol. The quantitative estimate of drug-likeness (QED) is 0.681. The predicted molar refractivity (Wildman–Crippen MR) is 70.5 cm³/mol. The van der Waals surface area contributed by atoms with Crippen LogP contribution in [0.4, 0.5) is 0 Å². The SMILES string of the molecule is CC(C)(C)C(C)(c1ccccn1)C(C)(C)C. The molecule has 0 aliphatic carbocycles. The molecular weight excluding hydrogens is 194 g/mol. The van der Waals surface area contributed by atoms with Gasteiger partial charge in [0.25, 0.3) is 0 Å². The van der Waals surface area contributed by atoms with E-state index < -0.39 is 0 Å². The fraction of sp³-hybridized carbons (Fsp3) is 0.667. The smallest absolute Gasteiger partial charge is 0.0473 e. The van der Waals surface area contributed by atoms with Gasteiger partial charge in [-0.25, -0.2) is 0 Å². The Labute approximate surface area is 100 Å². The van der Waals surface area contributed by atoms with Crippen molar-refractivity contribution in [3.05, 3.63) is 30.1 Å². The van der Waals surface area contributed by atoms with Gasteiger partial charge in [0.05, 0.1) is 0 Å². The summed E-state index contributed by atoms with van der Waals surface area (Å²) in [6.07, 6.45) is 1.89. The zero-order valence-corrected chi connectivity index (χ0v) is 11.8. The maximum absolute atomic E-state index is 4.58. The van der Waals surface area contributed by atoms with Crippen molar-refractivity contribution in [2.45, 2.75) is 53.9 Å². The van der Waals surface area contributed by atoms with E-state index >= 15 is 0 Å². The van der Waals surface area contributed by atoms with E-state index in [0.717, 1.165) is 0 Å². The largest absolute Gasteiger partial charge is 0.261 e. The second kappa shape index (κ2) is 3.87. The Morgan fingerprint density at radius 2 is 1.31 bits per heavy atom. The number of hydrogen-bond acceptors (Lipinski definition) is 1. The minimum Gasteiger partial charge on any atom is -0.261 e. The molecule has 1 nitrogen and oxygen atoms in total. The van der Waals surface area contributed by atoms with Gasteiger partial charge in [0.15, 0.2) is 0 Å². The van der Waals surface area contributed by atoms with Crippen molar-refractivity contribution < 1.29 is 0 Å². The van der Waals surface area contributed by atoms with Gasteiger partial charge in [0.1, 0.15) is 0 Å². The van der Waals surface area contributed by atoms with Crippen LogP contribution in [0.5, 0.6) is 0 Å². The highest BCUT2D eigenvalue weighted by molar-refractivity contribution is 5.23. The summed E-state index contributed by atoms with van der Waals surface area (Å²) in [5, 5.41) is 0. The van der Waals surface area contributed by atoms with Gasteiger partial charge in [-0.2, -0.15) is 0 Å². The Kier molecular flexibility index (Phi) is 3.20. The van der Waals surface area contributed by atoms with Crippen molar-refractivity contribution in [2.75, 3.05) is 0 Å². The summed E-state index contributed by atoms with van der Waals surface area (Å²) in [6.45, 7) is 16.1. The van der Waals surface area contributed by atoms with Crippen molar-refractivity contribution in [3.63, 3.8) is 0 Å². The standard InChI is InChI=1S/C15H25N/c1-13(2,3)15(7,14(4,5)6)12-10-8-9-11-16-12/h8-11H,1-7H3. The Morgan fingerprint density at radius 1 is 0.812 bits per heavy atom. The first kappa shape index (κ1) is 13.2. The van der Waals surface area contributed by atoms with Crippen LogP contribution in [0.25, 0.3) is 0 Å². The maximum Gasteiger partial charge on any atom is 0.0473 e. The molecule has 1 aromatic heterocycles. The molecule has 0 radical (unpaired) electrons. The summed E-state index contributed by atoms with van der Waals surface area (Å²) < 4.78 is 0. The topological polar surface area (TPSA) is 12.9 Å². The molecule has 0 saturated carbocycles. The van der Waals surface area contributed by atoms with Gasteiger partial charge in [-0.1, -0.05) is 54.5 Å². The fourth-order valence-electron chi connectivity index (χ4n) is 2.55. The normalized spacial score (nSPS) is 13.9. The van der Waals surface area contributed by atoms with E-state index in [2.05, 4.69) is 65.6 Å². The lowest BCUT2D eigenvalue weighted by atomic mass is 9.53. The Balaban J connectivity index is 3.39. The Bertz CT molecular complexity index is 324. The molecule has 0 unspecified atom stereocenters. The van der Waals surface area contributed by atoms with E-state index in [-0.39, 0.29) is 16.2 Å². The first-order valence-corrected chi connectivity index (χ1v) is 6.02. The first-order valence-electron chi connectivity index (χ1n) is 6.02. The summed E-state index contributed by atoms with van der Waals surface area (Å²) >= 11 is 0. The molecule has 1 rings (SSSR count). The van der Waals surface area contributed by atoms with Crippen LogP contribution in [0.2, 0.25) is 0 Å². The molecule has 0 saturated heterocycles. The van der Waals surface area contributed by atoms with Gasteiger partial charge in [-0.05, 0) is 23.0 Å². The van der Waals surface area contributed by atoms with Crippen LogP contribution in [-0.4, -0.2) is 4.98 Å². The monoisotopic (exact) mass is 219 g/mol. The molecular formula is C15H25N. The third-order valence-electron chi connectivity index (χ3n) is 4.18. The summed E-state index contributed by atoms with van der Waals surface area (Å²) in [5.41, 5.74) is 1.61. The molecule has 0 amide bonds. The van der Waals surface area contributed by atoms with Crippen LogP contribution in [-0.2, 0) is 5.41 Å². The minimum atomic E-state index is 0.0568. The van der Waals surface area contributed by atoms with Crippen LogP contribution in [0.3, 0.4) is 0 Å². The van der Waals surface area contributed by atoms with E-state index in [0.29, 0.717) is 0 Å². The molecule has 0 fully saturated rings.